The van der Waals surface area contributed by atoms with Crippen molar-refractivity contribution in [3.63, 3.8) is 0 Å². The van der Waals surface area contributed by atoms with E-state index in [0.717, 1.165) is 16.7 Å². The van der Waals surface area contributed by atoms with Crippen molar-refractivity contribution in [3.05, 3.63) is 28.2 Å². The third kappa shape index (κ3) is 3.01. The second-order valence-corrected chi connectivity index (χ2v) is 6.09. The van der Waals surface area contributed by atoms with Crippen LogP contribution in [-0.4, -0.2) is 6.54 Å². The van der Waals surface area contributed by atoms with Crippen LogP contribution in [0.5, 0.6) is 0 Å². The zero-order valence-corrected chi connectivity index (χ0v) is 11.7. The molecule has 1 aromatic rings. The fourth-order valence-corrected chi connectivity index (χ4v) is 2.84. The minimum Gasteiger partial charge on any atom is -0.383 e. The Bertz CT molecular complexity index is 442. The van der Waals surface area contributed by atoms with Gasteiger partial charge >= 0.3 is 0 Å². The summed E-state index contributed by atoms with van der Waals surface area (Å²) < 4.78 is 0.951. The highest BCUT2D eigenvalue weighted by Gasteiger charge is 2.28. The smallest absolute Gasteiger partial charge is 0.101 e. The number of nitrogens with zero attached hydrogens (tertiary/aromatic N) is 1. The molecule has 1 fully saturated rings. The van der Waals surface area contributed by atoms with Gasteiger partial charge in [0.05, 0.1) is 11.3 Å². The van der Waals surface area contributed by atoms with Gasteiger partial charge < -0.3 is 5.32 Å². The Balaban J connectivity index is 2.06. The van der Waals surface area contributed by atoms with E-state index >= 15 is 0 Å². The third-order valence-corrected chi connectivity index (χ3v) is 4.11. The summed E-state index contributed by atoms with van der Waals surface area (Å²) in [6, 6.07) is 8.04. The summed E-state index contributed by atoms with van der Waals surface area (Å²) in [5.74, 6) is 0. The van der Waals surface area contributed by atoms with Gasteiger partial charge in [-0.3, -0.25) is 0 Å². The Hall–Kier alpha value is -1.01. The number of hydrogen-bond acceptors (Lipinski definition) is 2. The summed E-state index contributed by atoms with van der Waals surface area (Å²) in [5, 5.41) is 12.5. The van der Waals surface area contributed by atoms with Gasteiger partial charge in [-0.25, -0.2) is 0 Å². The molecule has 1 aromatic carbocycles. The number of nitrogens with one attached hydrogen (secondary N) is 1. The van der Waals surface area contributed by atoms with Gasteiger partial charge in [0.1, 0.15) is 6.07 Å². The maximum atomic E-state index is 9.09. The monoisotopic (exact) mass is 292 g/mol. The summed E-state index contributed by atoms with van der Waals surface area (Å²) in [6.45, 7) is 3.29. The second-order valence-electron chi connectivity index (χ2n) is 5.17. The molecule has 2 rings (SSSR count). The molecule has 2 nitrogen and oxygen atoms in total. The van der Waals surface area contributed by atoms with E-state index in [1.165, 1.54) is 25.7 Å². The second kappa shape index (κ2) is 5.10. The topological polar surface area (TPSA) is 35.8 Å². The number of anilines is 1. The zero-order chi connectivity index (χ0) is 12.3. The lowest BCUT2D eigenvalue weighted by atomic mass is 9.89. The maximum absolute atomic E-state index is 9.09. The first-order chi connectivity index (χ1) is 8.13. The van der Waals surface area contributed by atoms with Gasteiger partial charge in [-0.1, -0.05) is 35.7 Å². The molecule has 1 saturated carbocycles. The molecule has 1 N–H and O–H groups in total. The predicted molar refractivity (Wildman–Crippen MR) is 73.9 cm³/mol. The summed E-state index contributed by atoms with van der Waals surface area (Å²) in [5.41, 5.74) is 2.06. The molecule has 1 aliphatic rings. The van der Waals surface area contributed by atoms with E-state index in [4.69, 9.17) is 5.26 Å². The summed E-state index contributed by atoms with van der Waals surface area (Å²) in [4.78, 5) is 0. The van der Waals surface area contributed by atoms with Crippen LogP contribution in [0, 0.1) is 16.7 Å². The van der Waals surface area contributed by atoms with Crippen LogP contribution < -0.4 is 5.32 Å². The van der Waals surface area contributed by atoms with Gasteiger partial charge in [-0.2, -0.15) is 5.26 Å². The van der Waals surface area contributed by atoms with E-state index in [-0.39, 0.29) is 0 Å². The molecule has 0 amide bonds. The molecule has 1 aliphatic carbocycles. The van der Waals surface area contributed by atoms with E-state index in [1.807, 2.05) is 18.2 Å². The molecule has 0 unspecified atom stereocenters. The van der Waals surface area contributed by atoms with Gasteiger partial charge in [0.25, 0.3) is 0 Å². The van der Waals surface area contributed by atoms with E-state index in [2.05, 4.69) is 34.2 Å². The van der Waals surface area contributed by atoms with Crippen LogP contribution in [0.2, 0.25) is 0 Å². The van der Waals surface area contributed by atoms with E-state index in [1.54, 1.807) is 0 Å². The van der Waals surface area contributed by atoms with Gasteiger partial charge in [0.2, 0.25) is 0 Å². The Labute approximate surface area is 111 Å². The molecule has 0 saturated heterocycles. The zero-order valence-electron chi connectivity index (χ0n) is 10.1. The van der Waals surface area contributed by atoms with Gasteiger partial charge in [0, 0.05) is 11.0 Å². The van der Waals surface area contributed by atoms with Crippen molar-refractivity contribution in [1.82, 2.24) is 0 Å². The van der Waals surface area contributed by atoms with Crippen molar-refractivity contribution in [3.8, 4) is 6.07 Å². The molecule has 0 atom stereocenters. The Kier molecular flexibility index (Phi) is 3.73. The largest absolute Gasteiger partial charge is 0.383 e. The number of hydrogen-bond donors (Lipinski definition) is 1. The van der Waals surface area contributed by atoms with Crippen molar-refractivity contribution < 1.29 is 0 Å². The normalized spacial score (nSPS) is 17.7. The summed E-state index contributed by atoms with van der Waals surface area (Å²) in [6.07, 6.45) is 5.25. The predicted octanol–water partition coefficient (Wildman–Crippen LogP) is 4.31. The average molecular weight is 293 g/mol. The highest BCUT2D eigenvalue weighted by molar-refractivity contribution is 9.10. The van der Waals surface area contributed by atoms with Crippen molar-refractivity contribution in [2.75, 3.05) is 11.9 Å². The first-order valence-corrected chi connectivity index (χ1v) is 6.86. The van der Waals surface area contributed by atoms with E-state index < -0.39 is 0 Å². The van der Waals surface area contributed by atoms with Crippen molar-refractivity contribution in [2.45, 2.75) is 32.6 Å². The van der Waals surface area contributed by atoms with Gasteiger partial charge in [0.15, 0.2) is 0 Å². The first-order valence-electron chi connectivity index (χ1n) is 6.06. The molecule has 17 heavy (non-hydrogen) atoms. The fraction of sp³-hybridized carbons (Fsp3) is 0.500. The van der Waals surface area contributed by atoms with Gasteiger partial charge in [-0.05, 0) is 36.5 Å². The molecule has 0 heterocycles. The minimum atomic E-state index is 0.403. The van der Waals surface area contributed by atoms with Crippen LogP contribution in [0.1, 0.15) is 38.2 Å². The quantitative estimate of drug-likeness (QED) is 0.901. The van der Waals surface area contributed by atoms with Crippen LogP contribution in [0.3, 0.4) is 0 Å². The Morgan fingerprint density at radius 3 is 2.76 bits per heavy atom. The molecule has 90 valence electrons. The van der Waals surface area contributed by atoms with Crippen molar-refractivity contribution >= 4 is 21.6 Å². The lowest BCUT2D eigenvalue weighted by Crippen LogP contribution is -2.23. The maximum Gasteiger partial charge on any atom is 0.101 e. The SMILES string of the molecule is CC1(CNc2ccc(Br)cc2C#N)CCCC1. The number of nitriles is 1. The minimum absolute atomic E-state index is 0.403. The number of halogens is 1. The van der Waals surface area contributed by atoms with Gasteiger partial charge in [-0.15, -0.1) is 0 Å². The van der Waals surface area contributed by atoms with Crippen LogP contribution in [-0.2, 0) is 0 Å². The molecular formula is C14H17BrN2. The molecule has 0 aliphatic heterocycles. The highest BCUT2D eigenvalue weighted by Crippen LogP contribution is 2.37. The van der Waals surface area contributed by atoms with Crippen molar-refractivity contribution in [2.24, 2.45) is 5.41 Å². The summed E-state index contributed by atoms with van der Waals surface area (Å²) in [7, 11) is 0. The molecular weight excluding hydrogens is 276 g/mol. The molecule has 0 bridgehead atoms. The van der Waals surface area contributed by atoms with Crippen LogP contribution >= 0.6 is 15.9 Å². The van der Waals surface area contributed by atoms with Crippen molar-refractivity contribution in [1.29, 1.82) is 5.26 Å². The summed E-state index contributed by atoms with van der Waals surface area (Å²) >= 11 is 3.39. The lowest BCUT2D eigenvalue weighted by molar-refractivity contribution is 0.362. The fourth-order valence-electron chi connectivity index (χ4n) is 2.48. The lowest BCUT2D eigenvalue weighted by Gasteiger charge is -2.24. The molecule has 0 spiro atoms. The van der Waals surface area contributed by atoms with Crippen LogP contribution in [0.25, 0.3) is 0 Å². The average Bonchev–Trinajstić information content (AvgIpc) is 2.75. The highest BCUT2D eigenvalue weighted by atomic mass is 79.9. The molecule has 0 aromatic heterocycles. The first kappa shape index (κ1) is 12.4. The Morgan fingerprint density at radius 1 is 1.41 bits per heavy atom. The van der Waals surface area contributed by atoms with E-state index in [9.17, 15) is 0 Å². The standard InChI is InChI=1S/C14H17BrN2/c1-14(6-2-3-7-14)10-17-13-5-4-12(15)8-11(13)9-16/h4-5,8,17H,2-3,6-7,10H2,1H3. The Morgan fingerprint density at radius 2 is 2.12 bits per heavy atom. The number of benzene rings is 1. The third-order valence-electron chi connectivity index (χ3n) is 3.62. The number of rotatable bonds is 3. The van der Waals surface area contributed by atoms with Crippen LogP contribution in [0.15, 0.2) is 22.7 Å². The van der Waals surface area contributed by atoms with E-state index in [0.29, 0.717) is 11.0 Å². The van der Waals surface area contributed by atoms with Crippen LogP contribution in [0.4, 0.5) is 5.69 Å². The molecule has 0 radical (unpaired) electrons. The molecule has 3 heteroatoms.